The summed E-state index contributed by atoms with van der Waals surface area (Å²) in [4.78, 5) is 24.5. The minimum Gasteiger partial charge on any atom is -0.481 e. The van der Waals surface area contributed by atoms with Gasteiger partial charge < -0.3 is 10.1 Å². The van der Waals surface area contributed by atoms with E-state index in [4.69, 9.17) is 16.3 Å². The molecule has 6 heteroatoms. The largest absolute Gasteiger partial charge is 0.481 e. The predicted octanol–water partition coefficient (Wildman–Crippen LogP) is 1.64. The van der Waals surface area contributed by atoms with Crippen molar-refractivity contribution in [2.75, 3.05) is 11.9 Å². The van der Waals surface area contributed by atoms with E-state index in [-0.39, 0.29) is 23.2 Å². The highest BCUT2D eigenvalue weighted by Gasteiger charge is 2.17. The molecule has 5 nitrogen and oxygen atoms in total. The number of nitrogens with zero attached hydrogens (tertiary/aromatic N) is 1. The van der Waals surface area contributed by atoms with Gasteiger partial charge in [-0.1, -0.05) is 11.6 Å². The Morgan fingerprint density at radius 3 is 3.07 bits per heavy atom. The molecule has 0 spiro atoms. The first-order valence-corrected chi connectivity index (χ1v) is 4.42. The molecule has 0 atom stereocenters. The van der Waals surface area contributed by atoms with Crippen LogP contribution in [0.3, 0.4) is 0 Å². The van der Waals surface area contributed by atoms with E-state index in [9.17, 15) is 9.59 Å². The summed E-state index contributed by atoms with van der Waals surface area (Å²) in [5.74, 6) is 0.193. The van der Waals surface area contributed by atoms with Crippen molar-refractivity contribution in [3.05, 3.63) is 17.2 Å². The minimum atomic E-state index is -0.245. The van der Waals surface area contributed by atoms with Crippen LogP contribution >= 0.6 is 11.6 Å². The minimum absolute atomic E-state index is 0.0567. The van der Waals surface area contributed by atoms with Crippen molar-refractivity contribution in [2.45, 2.75) is 0 Å². The smallest absolute Gasteiger partial charge is 0.262 e. The average Bonchev–Trinajstić information content (AvgIpc) is 2.20. The number of carbonyl (C=O) groups excluding carboxylic acids is 2. The molecule has 0 saturated heterocycles. The maximum atomic E-state index is 11.0. The molecule has 1 aliphatic rings. The van der Waals surface area contributed by atoms with Gasteiger partial charge in [-0.15, -0.1) is 0 Å². The normalized spacial score (nSPS) is 13.3. The van der Waals surface area contributed by atoms with Crippen LogP contribution in [0, 0.1) is 0 Å². The van der Waals surface area contributed by atoms with Crippen LogP contribution in [0.4, 0.5) is 11.4 Å². The molecule has 0 aromatic heterocycles. The number of carbonyl (C=O) groups is 1. The molecule has 15 heavy (non-hydrogen) atoms. The van der Waals surface area contributed by atoms with Gasteiger partial charge in [0.15, 0.2) is 6.61 Å². The number of hydrogen-bond acceptors (Lipinski definition) is 4. The monoisotopic (exact) mass is 224 g/mol. The van der Waals surface area contributed by atoms with Crippen molar-refractivity contribution in [3.63, 3.8) is 0 Å². The van der Waals surface area contributed by atoms with Crippen LogP contribution in [-0.2, 0) is 9.59 Å². The summed E-state index contributed by atoms with van der Waals surface area (Å²) in [6.45, 7) is -0.0567. The molecule has 1 aliphatic heterocycles. The van der Waals surface area contributed by atoms with Gasteiger partial charge in [-0.25, -0.2) is 4.79 Å². The number of ether oxygens (including phenoxy) is 1. The second kappa shape index (κ2) is 3.73. The van der Waals surface area contributed by atoms with Crippen molar-refractivity contribution in [2.24, 2.45) is 4.99 Å². The van der Waals surface area contributed by atoms with E-state index in [0.717, 1.165) is 0 Å². The van der Waals surface area contributed by atoms with E-state index < -0.39 is 0 Å². The molecule has 76 valence electrons. The van der Waals surface area contributed by atoms with Gasteiger partial charge in [0.2, 0.25) is 6.08 Å². The van der Waals surface area contributed by atoms with Crippen molar-refractivity contribution in [1.29, 1.82) is 0 Å². The third-order valence-electron chi connectivity index (χ3n) is 1.85. The Bertz CT molecular complexity index is 480. The zero-order valence-corrected chi connectivity index (χ0v) is 8.17. The van der Waals surface area contributed by atoms with E-state index in [1.54, 1.807) is 0 Å². The molecular weight excluding hydrogens is 220 g/mol. The first kappa shape index (κ1) is 9.71. The van der Waals surface area contributed by atoms with Gasteiger partial charge in [0, 0.05) is 6.07 Å². The van der Waals surface area contributed by atoms with Crippen LogP contribution in [0.25, 0.3) is 0 Å². The Morgan fingerprint density at radius 2 is 2.33 bits per heavy atom. The van der Waals surface area contributed by atoms with E-state index >= 15 is 0 Å². The summed E-state index contributed by atoms with van der Waals surface area (Å²) in [5, 5.41) is 2.83. The lowest BCUT2D eigenvalue weighted by molar-refractivity contribution is -0.118. The maximum absolute atomic E-state index is 11.0. The number of isocyanates is 1. The maximum Gasteiger partial charge on any atom is 0.262 e. The molecule has 1 aromatic rings. The fraction of sp³-hybridized carbons (Fsp3) is 0.111. The molecule has 0 aliphatic carbocycles. The number of hydrogen-bond donors (Lipinski definition) is 1. The molecule has 1 amide bonds. The predicted molar refractivity (Wildman–Crippen MR) is 53.4 cm³/mol. The Morgan fingerprint density at radius 1 is 1.53 bits per heavy atom. The van der Waals surface area contributed by atoms with E-state index in [1.165, 1.54) is 18.2 Å². The average molecular weight is 225 g/mol. The van der Waals surface area contributed by atoms with Gasteiger partial charge in [-0.05, 0) is 6.07 Å². The highest BCUT2D eigenvalue weighted by Crippen LogP contribution is 2.37. The lowest BCUT2D eigenvalue weighted by Gasteiger charge is -2.18. The first-order valence-electron chi connectivity index (χ1n) is 4.05. The molecule has 0 saturated carbocycles. The molecule has 0 bridgehead atoms. The molecule has 0 fully saturated rings. The summed E-state index contributed by atoms with van der Waals surface area (Å²) in [5.41, 5.74) is 0.739. The highest BCUT2D eigenvalue weighted by atomic mass is 35.5. The van der Waals surface area contributed by atoms with Crippen LogP contribution in [0.2, 0.25) is 5.02 Å². The lowest BCUT2D eigenvalue weighted by atomic mass is 10.2. The van der Waals surface area contributed by atoms with E-state index in [2.05, 4.69) is 10.3 Å². The Balaban J connectivity index is 2.50. The first-order chi connectivity index (χ1) is 7.20. The number of amides is 1. The molecular formula is C9H5ClN2O3. The molecule has 1 N–H and O–H groups in total. The Labute approximate surface area is 89.7 Å². The van der Waals surface area contributed by atoms with Gasteiger partial charge in [-0.3, -0.25) is 4.79 Å². The fourth-order valence-corrected chi connectivity index (χ4v) is 1.43. The molecule has 1 aromatic carbocycles. The van der Waals surface area contributed by atoms with Crippen LogP contribution in [-0.4, -0.2) is 18.6 Å². The van der Waals surface area contributed by atoms with Gasteiger partial charge in [0.05, 0.1) is 16.4 Å². The zero-order valence-electron chi connectivity index (χ0n) is 7.41. The number of fused-ring (bicyclic) bond motifs is 1. The van der Waals surface area contributed by atoms with Crippen LogP contribution in [0.15, 0.2) is 17.1 Å². The van der Waals surface area contributed by atoms with Crippen molar-refractivity contribution in [1.82, 2.24) is 0 Å². The standard InChI is InChI=1S/C9H5ClN2O3/c10-5-1-7-8(2-6(5)11-4-13)15-3-9(14)12-7/h1-2H,3H2,(H,12,14). The second-order valence-corrected chi connectivity index (χ2v) is 3.25. The highest BCUT2D eigenvalue weighted by molar-refractivity contribution is 6.33. The summed E-state index contributed by atoms with van der Waals surface area (Å²) in [6.07, 6.45) is 1.39. The third kappa shape index (κ3) is 1.83. The summed E-state index contributed by atoms with van der Waals surface area (Å²) < 4.78 is 5.12. The number of anilines is 1. The number of aliphatic imine (C=N–C) groups is 1. The Hall–Kier alpha value is -1.84. The van der Waals surface area contributed by atoms with Crippen LogP contribution < -0.4 is 10.1 Å². The van der Waals surface area contributed by atoms with Gasteiger partial charge in [-0.2, -0.15) is 4.99 Å². The third-order valence-corrected chi connectivity index (χ3v) is 2.15. The van der Waals surface area contributed by atoms with E-state index in [0.29, 0.717) is 11.4 Å². The number of rotatable bonds is 1. The number of halogens is 1. The fourth-order valence-electron chi connectivity index (χ4n) is 1.22. The van der Waals surface area contributed by atoms with E-state index in [1.807, 2.05) is 0 Å². The molecule has 0 radical (unpaired) electrons. The van der Waals surface area contributed by atoms with Gasteiger partial charge in [0.1, 0.15) is 5.75 Å². The second-order valence-electron chi connectivity index (χ2n) is 2.84. The van der Waals surface area contributed by atoms with Crippen molar-refractivity contribution < 1.29 is 14.3 Å². The number of benzene rings is 1. The lowest BCUT2D eigenvalue weighted by Crippen LogP contribution is -2.25. The van der Waals surface area contributed by atoms with Crippen molar-refractivity contribution >= 4 is 35.0 Å². The van der Waals surface area contributed by atoms with Crippen LogP contribution in [0.1, 0.15) is 0 Å². The quantitative estimate of drug-likeness (QED) is 0.582. The molecule has 2 rings (SSSR count). The topological polar surface area (TPSA) is 67.8 Å². The summed E-state index contributed by atoms with van der Waals surface area (Å²) in [7, 11) is 0. The molecule has 0 unspecified atom stereocenters. The van der Waals surface area contributed by atoms with Gasteiger partial charge >= 0.3 is 0 Å². The van der Waals surface area contributed by atoms with Crippen LogP contribution in [0.5, 0.6) is 5.75 Å². The summed E-state index contributed by atoms with van der Waals surface area (Å²) in [6, 6.07) is 2.95. The zero-order chi connectivity index (χ0) is 10.8. The van der Waals surface area contributed by atoms with Gasteiger partial charge in [0.25, 0.3) is 5.91 Å². The Kier molecular flexibility index (Phi) is 2.41. The molecule has 1 heterocycles. The number of nitrogens with one attached hydrogen (secondary N) is 1. The van der Waals surface area contributed by atoms with Crippen molar-refractivity contribution in [3.8, 4) is 5.75 Å². The summed E-state index contributed by atoms with van der Waals surface area (Å²) >= 11 is 5.81. The SMILES string of the molecule is O=C=Nc1cc2c(cc1Cl)NC(=O)CO2.